The Hall–Kier alpha value is -2.32. The minimum absolute atomic E-state index is 0.00855. The molecule has 2 aromatic rings. The molecule has 2 rings (SSSR count). The largest absolute Gasteiger partial charge is 0.271 e. The van der Waals surface area contributed by atoms with Crippen LogP contribution >= 0.6 is 11.8 Å². The second-order valence-electron chi connectivity index (χ2n) is 5.23. The van der Waals surface area contributed by atoms with Crippen LogP contribution < -0.4 is 4.31 Å². The van der Waals surface area contributed by atoms with Crippen molar-refractivity contribution in [2.75, 3.05) is 17.1 Å². The van der Waals surface area contributed by atoms with Gasteiger partial charge < -0.3 is 0 Å². The Morgan fingerprint density at radius 2 is 1.88 bits per heavy atom. The Balaban J connectivity index is 2.58. The van der Waals surface area contributed by atoms with Gasteiger partial charge in [0.2, 0.25) is 0 Å². The number of anilines is 1. The minimum atomic E-state index is -3.88. The quantitative estimate of drug-likeness (QED) is 0.315. The van der Waals surface area contributed by atoms with Crippen LogP contribution in [0.3, 0.4) is 0 Å². The lowest BCUT2D eigenvalue weighted by Gasteiger charge is -2.24. The van der Waals surface area contributed by atoms with Gasteiger partial charge in [-0.2, -0.15) is 0 Å². The van der Waals surface area contributed by atoms with E-state index in [2.05, 4.69) is 6.58 Å². The van der Waals surface area contributed by atoms with E-state index in [0.717, 1.165) is 9.20 Å². The highest BCUT2D eigenvalue weighted by atomic mass is 32.2. The molecule has 0 aliphatic carbocycles. The van der Waals surface area contributed by atoms with E-state index in [1.807, 2.05) is 6.26 Å². The van der Waals surface area contributed by atoms with Crippen molar-refractivity contribution < 1.29 is 13.3 Å². The van der Waals surface area contributed by atoms with E-state index in [9.17, 15) is 18.5 Å². The van der Waals surface area contributed by atoms with Crippen molar-refractivity contribution in [3.05, 3.63) is 70.8 Å². The van der Waals surface area contributed by atoms with Crippen molar-refractivity contribution >= 4 is 33.2 Å². The standard InChI is InChI=1S/C17H18N2O4S2/c1-4-11-18(17-12-14(19(20)21)6-5-13(17)2)25(22,23)16-9-7-15(24-3)8-10-16/h4-10,12H,1,11H2,2-3H3. The van der Waals surface area contributed by atoms with Crippen molar-refractivity contribution in [2.24, 2.45) is 0 Å². The Kier molecular flexibility index (Phi) is 5.86. The van der Waals surface area contributed by atoms with E-state index in [1.165, 1.54) is 48.2 Å². The van der Waals surface area contributed by atoms with Gasteiger partial charge in [0, 0.05) is 17.0 Å². The Morgan fingerprint density at radius 1 is 1.24 bits per heavy atom. The van der Waals surface area contributed by atoms with Crippen molar-refractivity contribution in [3.8, 4) is 0 Å². The summed E-state index contributed by atoms with van der Waals surface area (Å²) in [6, 6.07) is 10.7. The summed E-state index contributed by atoms with van der Waals surface area (Å²) in [4.78, 5) is 11.6. The number of rotatable bonds is 7. The van der Waals surface area contributed by atoms with Gasteiger partial charge in [0.15, 0.2) is 0 Å². The third kappa shape index (κ3) is 4.02. The number of thioether (sulfide) groups is 1. The molecule has 0 radical (unpaired) electrons. The van der Waals surface area contributed by atoms with Gasteiger partial charge in [-0.25, -0.2) is 8.42 Å². The molecule has 0 saturated heterocycles. The Bertz CT molecular complexity index is 893. The molecule has 0 spiro atoms. The van der Waals surface area contributed by atoms with Crippen LogP contribution in [0.1, 0.15) is 5.56 Å². The molecule has 132 valence electrons. The lowest BCUT2D eigenvalue weighted by molar-refractivity contribution is -0.384. The number of nitro groups is 1. The molecule has 0 fully saturated rings. The zero-order valence-electron chi connectivity index (χ0n) is 13.9. The predicted molar refractivity (Wildman–Crippen MR) is 101 cm³/mol. The fourth-order valence-electron chi connectivity index (χ4n) is 2.30. The summed E-state index contributed by atoms with van der Waals surface area (Å²) in [6.45, 7) is 5.32. The first-order valence-electron chi connectivity index (χ1n) is 7.34. The van der Waals surface area contributed by atoms with Crippen molar-refractivity contribution in [2.45, 2.75) is 16.7 Å². The number of hydrogen-bond acceptors (Lipinski definition) is 5. The number of aryl methyl sites for hydroxylation is 1. The van der Waals surface area contributed by atoms with E-state index >= 15 is 0 Å². The van der Waals surface area contributed by atoms with E-state index in [1.54, 1.807) is 19.1 Å². The summed E-state index contributed by atoms with van der Waals surface area (Å²) in [5.41, 5.74) is 0.724. The molecule has 0 amide bonds. The normalized spacial score (nSPS) is 11.1. The first kappa shape index (κ1) is 19.0. The Morgan fingerprint density at radius 3 is 2.40 bits per heavy atom. The molecule has 0 heterocycles. The van der Waals surface area contributed by atoms with Crippen molar-refractivity contribution in [3.63, 3.8) is 0 Å². The van der Waals surface area contributed by atoms with E-state index in [-0.39, 0.29) is 22.8 Å². The average Bonchev–Trinajstić information content (AvgIpc) is 2.60. The molecule has 0 aliphatic heterocycles. The van der Waals surface area contributed by atoms with Gasteiger partial charge in [-0.3, -0.25) is 14.4 Å². The van der Waals surface area contributed by atoms with Gasteiger partial charge >= 0.3 is 0 Å². The van der Waals surface area contributed by atoms with Crippen LogP contribution in [0, 0.1) is 17.0 Å². The Labute approximate surface area is 151 Å². The molecule has 2 aromatic carbocycles. The predicted octanol–water partition coefficient (Wildman–Crippen LogP) is 4.01. The van der Waals surface area contributed by atoms with Gasteiger partial charge in [0.05, 0.1) is 22.1 Å². The number of benzene rings is 2. The van der Waals surface area contributed by atoms with Crippen molar-refractivity contribution in [1.82, 2.24) is 0 Å². The molecule has 8 heteroatoms. The average molecular weight is 378 g/mol. The lowest BCUT2D eigenvalue weighted by atomic mass is 10.2. The first-order chi connectivity index (χ1) is 11.8. The maximum atomic E-state index is 13.1. The molecule has 0 aromatic heterocycles. The van der Waals surface area contributed by atoms with Gasteiger partial charge in [0.25, 0.3) is 15.7 Å². The molecular weight excluding hydrogens is 360 g/mol. The highest BCUT2D eigenvalue weighted by Gasteiger charge is 2.26. The number of non-ortho nitro benzene ring substituents is 1. The van der Waals surface area contributed by atoms with E-state index < -0.39 is 14.9 Å². The maximum absolute atomic E-state index is 13.1. The second kappa shape index (κ2) is 7.71. The number of hydrogen-bond donors (Lipinski definition) is 0. The van der Waals surface area contributed by atoms with Crippen LogP contribution in [0.2, 0.25) is 0 Å². The van der Waals surface area contributed by atoms with Crippen LogP contribution in [0.25, 0.3) is 0 Å². The summed E-state index contributed by atoms with van der Waals surface area (Å²) in [6.07, 6.45) is 3.35. The number of nitro benzene ring substituents is 1. The zero-order valence-corrected chi connectivity index (χ0v) is 15.5. The fraction of sp³-hybridized carbons (Fsp3) is 0.176. The van der Waals surface area contributed by atoms with Crippen LogP contribution in [-0.4, -0.2) is 26.1 Å². The summed E-state index contributed by atoms with van der Waals surface area (Å²) in [7, 11) is -3.88. The summed E-state index contributed by atoms with van der Waals surface area (Å²) < 4.78 is 27.2. The van der Waals surface area contributed by atoms with E-state index in [4.69, 9.17) is 0 Å². The van der Waals surface area contributed by atoms with E-state index in [0.29, 0.717) is 5.56 Å². The SMILES string of the molecule is C=CCN(c1cc([N+](=O)[O-])ccc1C)S(=O)(=O)c1ccc(SC)cc1. The molecule has 0 aliphatic rings. The van der Waals surface area contributed by atoms with Crippen LogP contribution in [0.4, 0.5) is 11.4 Å². The molecular formula is C17H18N2O4S2. The molecule has 0 bridgehead atoms. The molecule has 0 atom stereocenters. The van der Waals surface area contributed by atoms with Gasteiger partial charge in [-0.15, -0.1) is 18.3 Å². The summed E-state index contributed by atoms with van der Waals surface area (Å²) in [5, 5.41) is 11.1. The van der Waals surface area contributed by atoms with Gasteiger partial charge in [-0.1, -0.05) is 12.1 Å². The lowest BCUT2D eigenvalue weighted by Crippen LogP contribution is -2.31. The second-order valence-corrected chi connectivity index (χ2v) is 7.97. The van der Waals surface area contributed by atoms with Crippen LogP contribution in [-0.2, 0) is 10.0 Å². The zero-order chi connectivity index (χ0) is 18.6. The smallest absolute Gasteiger partial charge is 0.262 e. The summed E-state index contributed by atoms with van der Waals surface area (Å²) >= 11 is 1.51. The molecule has 0 N–H and O–H groups in total. The monoisotopic (exact) mass is 378 g/mol. The number of sulfonamides is 1. The number of nitrogens with zero attached hydrogens (tertiary/aromatic N) is 2. The van der Waals surface area contributed by atoms with Crippen molar-refractivity contribution in [1.29, 1.82) is 0 Å². The molecule has 0 unspecified atom stereocenters. The fourth-order valence-corrected chi connectivity index (χ4v) is 4.20. The molecule has 6 nitrogen and oxygen atoms in total. The van der Waals surface area contributed by atoms with Crippen LogP contribution in [0.5, 0.6) is 0 Å². The summed E-state index contributed by atoms with van der Waals surface area (Å²) in [5.74, 6) is 0. The topological polar surface area (TPSA) is 80.5 Å². The minimum Gasteiger partial charge on any atom is -0.262 e. The van der Waals surface area contributed by atoms with Gasteiger partial charge in [-0.05, 0) is 43.0 Å². The highest BCUT2D eigenvalue weighted by molar-refractivity contribution is 7.98. The highest BCUT2D eigenvalue weighted by Crippen LogP contribution is 2.30. The third-order valence-electron chi connectivity index (χ3n) is 3.61. The first-order valence-corrected chi connectivity index (χ1v) is 10.0. The van der Waals surface area contributed by atoms with Crippen LogP contribution in [0.15, 0.2) is 64.9 Å². The molecule has 0 saturated carbocycles. The van der Waals surface area contributed by atoms with Gasteiger partial charge in [0.1, 0.15) is 0 Å². The maximum Gasteiger partial charge on any atom is 0.271 e. The third-order valence-corrected chi connectivity index (χ3v) is 6.15. The molecule has 25 heavy (non-hydrogen) atoms.